The molecule has 0 aliphatic carbocycles. The summed E-state index contributed by atoms with van der Waals surface area (Å²) in [5.74, 6) is 0.967. The van der Waals surface area contributed by atoms with Gasteiger partial charge in [0.05, 0.1) is 0 Å². The largest absolute Gasteiger partial charge is 0.316 e. The van der Waals surface area contributed by atoms with Crippen LogP contribution in [0.25, 0.3) is 0 Å². The highest BCUT2D eigenvalue weighted by Gasteiger charge is 2.32. The fourth-order valence-electron chi connectivity index (χ4n) is 2.45. The van der Waals surface area contributed by atoms with Gasteiger partial charge in [0, 0.05) is 25.8 Å². The molecule has 1 N–H and O–H groups in total. The van der Waals surface area contributed by atoms with Crippen molar-refractivity contribution in [1.29, 1.82) is 0 Å². The minimum absolute atomic E-state index is 0.152. The summed E-state index contributed by atoms with van der Waals surface area (Å²) >= 11 is 0. The van der Waals surface area contributed by atoms with Crippen LogP contribution in [0.15, 0.2) is 23.4 Å². The van der Waals surface area contributed by atoms with Crippen molar-refractivity contribution >= 4 is 10.0 Å². The van der Waals surface area contributed by atoms with E-state index >= 15 is 0 Å². The van der Waals surface area contributed by atoms with Gasteiger partial charge < -0.3 is 5.32 Å². The van der Waals surface area contributed by atoms with Crippen LogP contribution in [0, 0.1) is 11.8 Å². The first-order valence-electron chi connectivity index (χ1n) is 7.05. The molecule has 1 fully saturated rings. The van der Waals surface area contributed by atoms with E-state index in [1.807, 2.05) is 13.1 Å². The van der Waals surface area contributed by atoms with Gasteiger partial charge >= 0.3 is 0 Å². The third-order valence-electron chi connectivity index (χ3n) is 4.08. The smallest absolute Gasteiger partial charge is 0.260 e. The lowest BCUT2D eigenvalue weighted by Gasteiger charge is -2.34. The Kier molecular flexibility index (Phi) is 4.78. The Balaban J connectivity index is 2.17. The molecular weight excluding hydrogens is 274 g/mol. The van der Waals surface area contributed by atoms with Crippen LogP contribution in [0.2, 0.25) is 0 Å². The van der Waals surface area contributed by atoms with E-state index in [0.717, 1.165) is 12.0 Å². The van der Waals surface area contributed by atoms with E-state index in [2.05, 4.69) is 24.1 Å². The number of hydrogen-bond acceptors (Lipinski definition) is 4. The molecule has 5 nitrogen and oxygen atoms in total. The van der Waals surface area contributed by atoms with E-state index < -0.39 is 10.0 Å². The number of pyridine rings is 1. The van der Waals surface area contributed by atoms with Gasteiger partial charge in [-0.3, -0.25) is 0 Å². The topological polar surface area (TPSA) is 62.3 Å². The average molecular weight is 297 g/mol. The van der Waals surface area contributed by atoms with Crippen LogP contribution in [-0.2, 0) is 16.6 Å². The van der Waals surface area contributed by atoms with E-state index in [1.54, 1.807) is 16.6 Å². The van der Waals surface area contributed by atoms with Crippen LogP contribution < -0.4 is 5.32 Å². The zero-order chi connectivity index (χ0) is 14.8. The van der Waals surface area contributed by atoms with Crippen molar-refractivity contribution in [1.82, 2.24) is 14.6 Å². The summed E-state index contributed by atoms with van der Waals surface area (Å²) in [6.45, 7) is 6.15. The normalized spacial score (nSPS) is 24.8. The predicted octanol–water partition coefficient (Wildman–Crippen LogP) is 1.47. The van der Waals surface area contributed by atoms with Crippen LogP contribution in [0.3, 0.4) is 0 Å². The molecule has 6 heteroatoms. The van der Waals surface area contributed by atoms with Gasteiger partial charge in [0.2, 0.25) is 0 Å². The molecule has 20 heavy (non-hydrogen) atoms. The lowest BCUT2D eigenvalue weighted by molar-refractivity contribution is 0.212. The van der Waals surface area contributed by atoms with Crippen molar-refractivity contribution in [3.63, 3.8) is 0 Å². The molecule has 1 aliphatic rings. The number of rotatable bonds is 4. The summed E-state index contributed by atoms with van der Waals surface area (Å²) in [5, 5.41) is 3.17. The first-order chi connectivity index (χ1) is 9.45. The van der Waals surface area contributed by atoms with Crippen molar-refractivity contribution in [3.05, 3.63) is 23.9 Å². The molecule has 2 heterocycles. The standard InChI is InChI=1S/C14H23N3O2S/c1-11-6-7-17(10-12(11)2)20(18,19)14-5-4-13(8-15-3)9-16-14/h4-5,9,11-12,15H,6-8,10H2,1-3H3. The van der Waals surface area contributed by atoms with E-state index in [0.29, 0.717) is 31.5 Å². The second kappa shape index (κ2) is 6.20. The van der Waals surface area contributed by atoms with Crippen molar-refractivity contribution in [2.75, 3.05) is 20.1 Å². The summed E-state index contributed by atoms with van der Waals surface area (Å²) in [4.78, 5) is 4.12. The Morgan fingerprint density at radius 3 is 2.65 bits per heavy atom. The molecule has 1 aliphatic heterocycles. The number of nitrogens with one attached hydrogen (secondary N) is 1. The highest BCUT2D eigenvalue weighted by Crippen LogP contribution is 2.26. The molecule has 112 valence electrons. The molecule has 2 atom stereocenters. The van der Waals surface area contributed by atoms with Crippen molar-refractivity contribution < 1.29 is 8.42 Å². The summed E-state index contributed by atoms with van der Waals surface area (Å²) in [6, 6.07) is 3.41. The Morgan fingerprint density at radius 1 is 1.35 bits per heavy atom. The molecule has 0 bridgehead atoms. The van der Waals surface area contributed by atoms with Crippen LogP contribution in [0.4, 0.5) is 0 Å². The number of nitrogens with zero attached hydrogens (tertiary/aromatic N) is 2. The molecule has 0 radical (unpaired) electrons. The lowest BCUT2D eigenvalue weighted by Crippen LogP contribution is -2.42. The summed E-state index contributed by atoms with van der Waals surface area (Å²) in [6.07, 6.45) is 2.54. The van der Waals surface area contributed by atoms with E-state index in [1.165, 1.54) is 0 Å². The number of hydrogen-bond donors (Lipinski definition) is 1. The van der Waals surface area contributed by atoms with Crippen LogP contribution >= 0.6 is 0 Å². The van der Waals surface area contributed by atoms with Crippen LogP contribution in [0.5, 0.6) is 0 Å². The summed E-state index contributed by atoms with van der Waals surface area (Å²) in [5.41, 5.74) is 0.979. The third-order valence-corrected chi connectivity index (χ3v) is 5.86. The third kappa shape index (κ3) is 3.19. The number of aromatic nitrogens is 1. The van der Waals surface area contributed by atoms with Crippen LogP contribution in [0.1, 0.15) is 25.8 Å². The second-order valence-electron chi connectivity index (χ2n) is 5.64. The van der Waals surface area contributed by atoms with Gasteiger partial charge in [-0.2, -0.15) is 4.31 Å². The molecule has 1 aromatic rings. The van der Waals surface area contributed by atoms with Crippen molar-refractivity contribution in [3.8, 4) is 0 Å². The van der Waals surface area contributed by atoms with Crippen LogP contribution in [-0.4, -0.2) is 37.8 Å². The molecule has 0 aromatic carbocycles. The molecule has 2 rings (SSSR count). The Bertz CT molecular complexity index is 542. The van der Waals surface area contributed by atoms with Gasteiger partial charge in [-0.1, -0.05) is 19.9 Å². The number of sulfonamides is 1. The summed E-state index contributed by atoms with van der Waals surface area (Å²) in [7, 11) is -1.60. The minimum atomic E-state index is -3.45. The van der Waals surface area contributed by atoms with Gasteiger partial charge in [0.25, 0.3) is 10.0 Å². The van der Waals surface area contributed by atoms with Gasteiger partial charge in [-0.15, -0.1) is 0 Å². The fourth-order valence-corrected chi connectivity index (χ4v) is 3.91. The molecule has 0 spiro atoms. The monoisotopic (exact) mass is 297 g/mol. The quantitative estimate of drug-likeness (QED) is 0.914. The first kappa shape index (κ1) is 15.4. The van der Waals surface area contributed by atoms with E-state index in [4.69, 9.17) is 0 Å². The molecule has 2 unspecified atom stereocenters. The van der Waals surface area contributed by atoms with Crippen molar-refractivity contribution in [2.45, 2.75) is 31.8 Å². The summed E-state index contributed by atoms with van der Waals surface area (Å²) < 4.78 is 26.7. The fraction of sp³-hybridized carbons (Fsp3) is 0.643. The highest BCUT2D eigenvalue weighted by molar-refractivity contribution is 7.89. The second-order valence-corrected chi connectivity index (χ2v) is 7.53. The average Bonchev–Trinajstić information content (AvgIpc) is 2.43. The minimum Gasteiger partial charge on any atom is -0.316 e. The lowest BCUT2D eigenvalue weighted by atomic mass is 9.90. The van der Waals surface area contributed by atoms with Gasteiger partial charge in [0.1, 0.15) is 0 Å². The maximum absolute atomic E-state index is 12.6. The number of piperidine rings is 1. The van der Waals surface area contributed by atoms with E-state index in [-0.39, 0.29) is 5.03 Å². The molecule has 0 amide bonds. The molecule has 1 saturated heterocycles. The molecule has 1 aromatic heterocycles. The Labute approximate surface area is 121 Å². The Hall–Kier alpha value is -0.980. The van der Waals surface area contributed by atoms with E-state index in [9.17, 15) is 8.42 Å². The predicted molar refractivity (Wildman–Crippen MR) is 78.7 cm³/mol. The maximum Gasteiger partial charge on any atom is 0.260 e. The zero-order valence-electron chi connectivity index (χ0n) is 12.3. The SMILES string of the molecule is CNCc1ccc(S(=O)(=O)N2CCC(C)C(C)C2)nc1. The van der Waals surface area contributed by atoms with Gasteiger partial charge in [-0.05, 0) is 36.9 Å². The molecular formula is C14H23N3O2S. The molecule has 0 saturated carbocycles. The maximum atomic E-state index is 12.6. The Morgan fingerprint density at radius 2 is 2.10 bits per heavy atom. The van der Waals surface area contributed by atoms with Gasteiger partial charge in [-0.25, -0.2) is 13.4 Å². The zero-order valence-corrected chi connectivity index (χ0v) is 13.2. The van der Waals surface area contributed by atoms with Gasteiger partial charge in [0.15, 0.2) is 5.03 Å². The first-order valence-corrected chi connectivity index (χ1v) is 8.49. The van der Waals surface area contributed by atoms with Crippen molar-refractivity contribution in [2.24, 2.45) is 11.8 Å². The highest BCUT2D eigenvalue weighted by atomic mass is 32.2.